The first-order chi connectivity index (χ1) is 11.8. The van der Waals surface area contributed by atoms with Crippen molar-refractivity contribution in [2.45, 2.75) is 0 Å². The first-order valence-electron chi connectivity index (χ1n) is 7.29. The van der Waals surface area contributed by atoms with Crippen molar-refractivity contribution in [1.82, 2.24) is 4.90 Å². The molecule has 0 saturated carbocycles. The second-order valence-electron chi connectivity index (χ2n) is 5.26. The molecule has 4 nitrogen and oxygen atoms in total. The maximum absolute atomic E-state index is 12.8. The number of nitrogens with zero attached hydrogens (tertiary/aromatic N) is 1. The second-order valence-corrected chi connectivity index (χ2v) is 6.07. The number of rotatable bonds is 5. The molecule has 0 atom stereocenters. The smallest absolute Gasteiger partial charge is 0.246 e. The zero-order valence-electron chi connectivity index (χ0n) is 13.3. The number of benzene rings is 2. The molecule has 0 aromatic heterocycles. The lowest BCUT2D eigenvalue weighted by molar-refractivity contribution is -0.129. The molecule has 0 fully saturated rings. The molecular formula is C18H15Cl2FN2O2. The van der Waals surface area contributed by atoms with Gasteiger partial charge in [-0.1, -0.05) is 29.3 Å². The quantitative estimate of drug-likeness (QED) is 0.788. The van der Waals surface area contributed by atoms with Gasteiger partial charge in [0.05, 0.1) is 16.6 Å². The van der Waals surface area contributed by atoms with E-state index >= 15 is 0 Å². The van der Waals surface area contributed by atoms with E-state index in [0.717, 1.165) is 0 Å². The Morgan fingerprint density at radius 2 is 1.80 bits per heavy atom. The number of amides is 2. The number of hydrogen-bond donors (Lipinski definition) is 1. The van der Waals surface area contributed by atoms with E-state index in [1.807, 2.05) is 0 Å². The van der Waals surface area contributed by atoms with Crippen molar-refractivity contribution in [2.75, 3.05) is 18.9 Å². The van der Waals surface area contributed by atoms with Gasteiger partial charge >= 0.3 is 0 Å². The Morgan fingerprint density at radius 3 is 2.44 bits per heavy atom. The van der Waals surface area contributed by atoms with Crippen LogP contribution in [0.15, 0.2) is 48.5 Å². The van der Waals surface area contributed by atoms with Crippen LogP contribution in [0.1, 0.15) is 5.56 Å². The number of hydrogen-bond acceptors (Lipinski definition) is 2. The van der Waals surface area contributed by atoms with E-state index < -0.39 is 5.82 Å². The first-order valence-corrected chi connectivity index (χ1v) is 8.04. The summed E-state index contributed by atoms with van der Waals surface area (Å²) < 4.78 is 12.8. The lowest BCUT2D eigenvalue weighted by Gasteiger charge is -2.14. The molecule has 1 N–H and O–H groups in total. The van der Waals surface area contributed by atoms with Gasteiger partial charge < -0.3 is 10.2 Å². The molecule has 0 aliphatic rings. The SMILES string of the molecule is CN(CC(=O)Nc1ccc(F)cc1)C(=O)/C=C/c1ccc(Cl)c(Cl)c1. The average Bonchev–Trinajstić information content (AvgIpc) is 2.57. The van der Waals surface area contributed by atoms with Gasteiger partial charge in [-0.15, -0.1) is 0 Å². The summed E-state index contributed by atoms with van der Waals surface area (Å²) in [6.07, 6.45) is 2.92. The van der Waals surface area contributed by atoms with Crippen LogP contribution in [-0.4, -0.2) is 30.3 Å². The third-order valence-corrected chi connectivity index (χ3v) is 3.99. The van der Waals surface area contributed by atoms with Gasteiger partial charge in [-0.25, -0.2) is 4.39 Å². The zero-order chi connectivity index (χ0) is 18.4. The highest BCUT2D eigenvalue weighted by Gasteiger charge is 2.11. The minimum Gasteiger partial charge on any atom is -0.333 e. The topological polar surface area (TPSA) is 49.4 Å². The van der Waals surface area contributed by atoms with Gasteiger partial charge in [0.15, 0.2) is 0 Å². The predicted octanol–water partition coefficient (Wildman–Crippen LogP) is 4.24. The van der Waals surface area contributed by atoms with Crippen LogP contribution in [0.25, 0.3) is 6.08 Å². The number of halogens is 3. The van der Waals surface area contributed by atoms with Crippen molar-refractivity contribution < 1.29 is 14.0 Å². The summed E-state index contributed by atoms with van der Waals surface area (Å²) in [7, 11) is 1.51. The minimum atomic E-state index is -0.391. The summed E-state index contributed by atoms with van der Waals surface area (Å²) in [6.45, 7) is -0.137. The van der Waals surface area contributed by atoms with Crippen molar-refractivity contribution in [3.63, 3.8) is 0 Å². The van der Waals surface area contributed by atoms with Crippen LogP contribution in [0.4, 0.5) is 10.1 Å². The number of nitrogens with one attached hydrogen (secondary N) is 1. The highest BCUT2D eigenvalue weighted by molar-refractivity contribution is 6.42. The van der Waals surface area contributed by atoms with Crippen LogP contribution in [0.5, 0.6) is 0 Å². The molecule has 0 aliphatic carbocycles. The molecule has 7 heteroatoms. The third-order valence-electron chi connectivity index (χ3n) is 3.25. The molecule has 0 heterocycles. The van der Waals surface area contributed by atoms with E-state index in [1.165, 1.54) is 42.3 Å². The van der Waals surface area contributed by atoms with E-state index in [9.17, 15) is 14.0 Å². The standard InChI is InChI=1S/C18H15Cl2FN2O2/c1-23(11-17(24)22-14-6-4-13(21)5-7-14)18(25)9-3-12-2-8-15(19)16(20)10-12/h2-10H,11H2,1H3,(H,22,24)/b9-3+. The van der Waals surface area contributed by atoms with Gasteiger partial charge in [0, 0.05) is 18.8 Å². The maximum Gasteiger partial charge on any atom is 0.246 e. The van der Waals surface area contributed by atoms with Crippen LogP contribution < -0.4 is 5.32 Å². The van der Waals surface area contributed by atoms with E-state index in [2.05, 4.69) is 5.32 Å². The van der Waals surface area contributed by atoms with Gasteiger partial charge in [0.25, 0.3) is 0 Å². The number of carbonyl (C=O) groups excluding carboxylic acids is 2. The Morgan fingerprint density at radius 1 is 1.12 bits per heavy atom. The Hall–Kier alpha value is -2.37. The van der Waals surface area contributed by atoms with Gasteiger partial charge in [0.1, 0.15) is 5.82 Å². The summed E-state index contributed by atoms with van der Waals surface area (Å²) in [5, 5.41) is 3.41. The first kappa shape index (κ1) is 19.0. The molecule has 0 bridgehead atoms. The van der Waals surface area contributed by atoms with Crippen molar-refractivity contribution in [1.29, 1.82) is 0 Å². The summed E-state index contributed by atoms with van der Waals surface area (Å²) >= 11 is 11.7. The van der Waals surface area contributed by atoms with Gasteiger partial charge in [-0.3, -0.25) is 9.59 Å². The summed E-state index contributed by atoms with van der Waals surface area (Å²) in [6, 6.07) is 10.4. The molecule has 0 radical (unpaired) electrons. The summed E-state index contributed by atoms with van der Waals surface area (Å²) in [5.74, 6) is -1.12. The molecule has 0 aliphatic heterocycles. The largest absolute Gasteiger partial charge is 0.333 e. The molecule has 130 valence electrons. The molecule has 0 spiro atoms. The van der Waals surface area contributed by atoms with E-state index in [-0.39, 0.29) is 18.4 Å². The molecular weight excluding hydrogens is 366 g/mol. The minimum absolute atomic E-state index is 0.137. The van der Waals surface area contributed by atoms with E-state index in [1.54, 1.807) is 24.3 Å². The third kappa shape index (κ3) is 5.89. The van der Waals surface area contributed by atoms with Crippen LogP contribution in [0, 0.1) is 5.82 Å². The van der Waals surface area contributed by atoms with E-state index in [4.69, 9.17) is 23.2 Å². The Labute approximate surface area is 154 Å². The van der Waals surface area contributed by atoms with Crippen molar-refractivity contribution >= 4 is 46.8 Å². The molecule has 2 rings (SSSR count). The zero-order valence-corrected chi connectivity index (χ0v) is 14.8. The molecule has 2 aromatic carbocycles. The average molecular weight is 381 g/mol. The van der Waals surface area contributed by atoms with Crippen molar-refractivity contribution in [2.24, 2.45) is 0 Å². The molecule has 0 saturated heterocycles. The Balaban J connectivity index is 1.90. The van der Waals surface area contributed by atoms with Crippen LogP contribution >= 0.6 is 23.2 Å². The monoisotopic (exact) mass is 380 g/mol. The van der Waals surface area contributed by atoms with Gasteiger partial charge in [-0.2, -0.15) is 0 Å². The number of anilines is 1. The fourth-order valence-corrected chi connectivity index (χ4v) is 2.24. The van der Waals surface area contributed by atoms with Gasteiger partial charge in [0.2, 0.25) is 11.8 Å². The van der Waals surface area contributed by atoms with Crippen molar-refractivity contribution in [3.8, 4) is 0 Å². The summed E-state index contributed by atoms with van der Waals surface area (Å²) in [4.78, 5) is 25.2. The molecule has 0 unspecified atom stereocenters. The van der Waals surface area contributed by atoms with Crippen LogP contribution in [0.3, 0.4) is 0 Å². The highest BCUT2D eigenvalue weighted by Crippen LogP contribution is 2.23. The highest BCUT2D eigenvalue weighted by atomic mass is 35.5. The normalized spacial score (nSPS) is 10.7. The molecule has 25 heavy (non-hydrogen) atoms. The Kier molecular flexibility index (Phi) is 6.56. The lowest BCUT2D eigenvalue weighted by atomic mass is 10.2. The fraction of sp³-hybridized carbons (Fsp3) is 0.111. The maximum atomic E-state index is 12.8. The lowest BCUT2D eigenvalue weighted by Crippen LogP contribution is -2.33. The Bertz CT molecular complexity index is 807. The van der Waals surface area contributed by atoms with Crippen LogP contribution in [-0.2, 0) is 9.59 Å². The van der Waals surface area contributed by atoms with Crippen LogP contribution in [0.2, 0.25) is 10.0 Å². The molecule has 2 aromatic rings. The summed E-state index contributed by atoms with van der Waals surface area (Å²) in [5.41, 5.74) is 1.17. The van der Waals surface area contributed by atoms with Crippen molar-refractivity contribution in [3.05, 3.63) is 70.0 Å². The number of likely N-dealkylation sites (N-methyl/N-ethyl adjacent to an activating group) is 1. The fourth-order valence-electron chi connectivity index (χ4n) is 1.94. The predicted molar refractivity (Wildman–Crippen MR) is 98.2 cm³/mol. The number of carbonyl (C=O) groups is 2. The van der Waals surface area contributed by atoms with Gasteiger partial charge in [-0.05, 0) is 48.0 Å². The van der Waals surface area contributed by atoms with E-state index in [0.29, 0.717) is 21.3 Å². The second kappa shape index (κ2) is 8.65. The molecule has 2 amide bonds.